The van der Waals surface area contributed by atoms with Crippen molar-refractivity contribution in [3.05, 3.63) is 58.0 Å². The highest BCUT2D eigenvalue weighted by molar-refractivity contribution is 9.10. The van der Waals surface area contributed by atoms with E-state index in [9.17, 15) is 4.79 Å². The van der Waals surface area contributed by atoms with Gasteiger partial charge >= 0.3 is 0 Å². The van der Waals surface area contributed by atoms with Gasteiger partial charge in [0.1, 0.15) is 0 Å². The summed E-state index contributed by atoms with van der Waals surface area (Å²) in [5.41, 5.74) is 2.42. The molecular formula is C19H18BrN3O3. The summed E-state index contributed by atoms with van der Waals surface area (Å²) in [4.78, 5) is 18.6. The van der Waals surface area contributed by atoms with E-state index >= 15 is 0 Å². The second-order valence-corrected chi connectivity index (χ2v) is 7.19. The van der Waals surface area contributed by atoms with Crippen LogP contribution in [-0.2, 0) is 17.8 Å². The summed E-state index contributed by atoms with van der Waals surface area (Å²) in [5, 5.41) is 4.04. The zero-order valence-electron chi connectivity index (χ0n) is 14.3. The normalized spacial score (nSPS) is 17.2. The molecule has 0 N–H and O–H groups in total. The lowest BCUT2D eigenvalue weighted by Gasteiger charge is -2.16. The molecule has 7 heteroatoms. The maximum absolute atomic E-state index is 12.4. The van der Waals surface area contributed by atoms with E-state index in [4.69, 9.17) is 8.94 Å². The molecule has 0 bridgehead atoms. The minimum atomic E-state index is -0.0617. The summed E-state index contributed by atoms with van der Waals surface area (Å²) in [6.07, 6.45) is 1.41. The van der Waals surface area contributed by atoms with Crippen molar-refractivity contribution in [3.63, 3.8) is 0 Å². The SMILES string of the molecule is CCc1ccc(CN2CC(c3noc(-c4ccc(Br)o4)n3)CC2=O)cc1. The van der Waals surface area contributed by atoms with Gasteiger partial charge in [-0.3, -0.25) is 4.79 Å². The van der Waals surface area contributed by atoms with Crippen LogP contribution in [0.2, 0.25) is 0 Å². The fraction of sp³-hybridized carbons (Fsp3) is 0.316. The number of rotatable bonds is 5. The largest absolute Gasteiger partial charge is 0.444 e. The van der Waals surface area contributed by atoms with Crippen molar-refractivity contribution in [2.45, 2.75) is 32.2 Å². The number of likely N-dealkylation sites (tertiary alicyclic amines) is 1. The minimum Gasteiger partial charge on any atom is -0.444 e. The van der Waals surface area contributed by atoms with Crippen LogP contribution < -0.4 is 0 Å². The molecule has 1 fully saturated rings. The third-order valence-electron chi connectivity index (χ3n) is 4.61. The van der Waals surface area contributed by atoms with Crippen molar-refractivity contribution in [2.75, 3.05) is 6.54 Å². The fourth-order valence-corrected chi connectivity index (χ4v) is 3.44. The first-order valence-electron chi connectivity index (χ1n) is 8.57. The molecule has 134 valence electrons. The molecule has 4 rings (SSSR count). The maximum Gasteiger partial charge on any atom is 0.293 e. The van der Waals surface area contributed by atoms with Gasteiger partial charge in [-0.15, -0.1) is 0 Å². The highest BCUT2D eigenvalue weighted by Crippen LogP contribution is 2.30. The Balaban J connectivity index is 1.45. The molecule has 1 aliphatic rings. The monoisotopic (exact) mass is 415 g/mol. The predicted octanol–water partition coefficient (Wildman–Crippen LogP) is 4.17. The number of aromatic nitrogens is 2. The average molecular weight is 416 g/mol. The Bertz CT molecular complexity index is 916. The Morgan fingerprint density at radius 1 is 1.19 bits per heavy atom. The Kier molecular flexibility index (Phi) is 4.63. The molecule has 6 nitrogen and oxygen atoms in total. The average Bonchev–Trinajstić information content (AvgIpc) is 3.36. The van der Waals surface area contributed by atoms with Gasteiger partial charge in [-0.2, -0.15) is 4.98 Å². The number of hydrogen-bond acceptors (Lipinski definition) is 5. The number of carbonyl (C=O) groups is 1. The zero-order chi connectivity index (χ0) is 18.1. The molecule has 2 aromatic heterocycles. The van der Waals surface area contributed by atoms with E-state index in [1.54, 1.807) is 12.1 Å². The van der Waals surface area contributed by atoms with Crippen LogP contribution in [0.5, 0.6) is 0 Å². The molecule has 1 saturated heterocycles. The molecule has 3 aromatic rings. The van der Waals surface area contributed by atoms with Crippen molar-refractivity contribution in [3.8, 4) is 11.7 Å². The van der Waals surface area contributed by atoms with Crippen LogP contribution in [0.15, 0.2) is 50.0 Å². The lowest BCUT2D eigenvalue weighted by atomic mass is 10.1. The lowest BCUT2D eigenvalue weighted by molar-refractivity contribution is -0.128. The summed E-state index contributed by atoms with van der Waals surface area (Å²) in [7, 11) is 0. The van der Waals surface area contributed by atoms with Gasteiger partial charge in [-0.1, -0.05) is 36.3 Å². The van der Waals surface area contributed by atoms with Gasteiger partial charge in [0.15, 0.2) is 16.3 Å². The number of benzene rings is 1. The summed E-state index contributed by atoms with van der Waals surface area (Å²) in [6, 6.07) is 11.9. The van der Waals surface area contributed by atoms with E-state index in [1.807, 2.05) is 4.90 Å². The Morgan fingerprint density at radius 2 is 1.96 bits per heavy atom. The van der Waals surface area contributed by atoms with Crippen LogP contribution in [0.1, 0.15) is 36.2 Å². The van der Waals surface area contributed by atoms with Crippen LogP contribution in [0.25, 0.3) is 11.7 Å². The molecule has 0 saturated carbocycles. The third-order valence-corrected chi connectivity index (χ3v) is 5.04. The summed E-state index contributed by atoms with van der Waals surface area (Å²) >= 11 is 3.25. The fourth-order valence-electron chi connectivity index (χ4n) is 3.13. The van der Waals surface area contributed by atoms with Gasteiger partial charge in [0.05, 0.1) is 0 Å². The van der Waals surface area contributed by atoms with E-state index in [2.05, 4.69) is 57.3 Å². The van der Waals surface area contributed by atoms with E-state index in [-0.39, 0.29) is 11.8 Å². The number of amides is 1. The molecule has 1 atom stereocenters. The number of carbonyl (C=O) groups excluding carboxylic acids is 1. The molecule has 1 aromatic carbocycles. The predicted molar refractivity (Wildman–Crippen MR) is 98.3 cm³/mol. The number of aryl methyl sites for hydroxylation is 1. The summed E-state index contributed by atoms with van der Waals surface area (Å²) < 4.78 is 11.3. The minimum absolute atomic E-state index is 0.0617. The van der Waals surface area contributed by atoms with E-state index in [0.29, 0.717) is 41.7 Å². The Morgan fingerprint density at radius 3 is 2.65 bits per heavy atom. The molecule has 0 radical (unpaired) electrons. The van der Waals surface area contributed by atoms with Gasteiger partial charge in [0.25, 0.3) is 5.89 Å². The Hall–Kier alpha value is -2.41. The highest BCUT2D eigenvalue weighted by atomic mass is 79.9. The van der Waals surface area contributed by atoms with Crippen molar-refractivity contribution in [1.82, 2.24) is 15.0 Å². The lowest BCUT2D eigenvalue weighted by Crippen LogP contribution is -2.24. The quantitative estimate of drug-likeness (QED) is 0.624. The number of halogens is 1. The molecular weight excluding hydrogens is 398 g/mol. The summed E-state index contributed by atoms with van der Waals surface area (Å²) in [6.45, 7) is 3.33. The summed E-state index contributed by atoms with van der Waals surface area (Å²) in [5.74, 6) is 1.43. The van der Waals surface area contributed by atoms with Crippen molar-refractivity contribution < 1.29 is 13.7 Å². The zero-order valence-corrected chi connectivity index (χ0v) is 15.9. The second kappa shape index (κ2) is 7.07. The van der Waals surface area contributed by atoms with Gasteiger partial charge in [0, 0.05) is 25.4 Å². The third kappa shape index (κ3) is 3.44. The first-order chi connectivity index (χ1) is 12.6. The second-order valence-electron chi connectivity index (χ2n) is 6.41. The maximum atomic E-state index is 12.4. The van der Waals surface area contributed by atoms with Crippen LogP contribution >= 0.6 is 15.9 Å². The first kappa shape index (κ1) is 17.0. The van der Waals surface area contributed by atoms with Crippen LogP contribution in [-0.4, -0.2) is 27.5 Å². The Labute approximate surface area is 159 Å². The molecule has 1 amide bonds. The van der Waals surface area contributed by atoms with Gasteiger partial charge in [-0.25, -0.2) is 0 Å². The van der Waals surface area contributed by atoms with E-state index < -0.39 is 0 Å². The van der Waals surface area contributed by atoms with Gasteiger partial charge in [-0.05, 0) is 45.6 Å². The molecule has 26 heavy (non-hydrogen) atoms. The van der Waals surface area contributed by atoms with Crippen molar-refractivity contribution in [1.29, 1.82) is 0 Å². The molecule has 3 heterocycles. The van der Waals surface area contributed by atoms with E-state index in [1.165, 1.54) is 5.56 Å². The standard InChI is InChI=1S/C19H18BrN3O3/c1-2-12-3-5-13(6-4-12)10-23-11-14(9-17(23)24)18-21-19(26-22-18)15-7-8-16(20)25-15/h3-8,14H,2,9-11H2,1H3. The highest BCUT2D eigenvalue weighted by Gasteiger charge is 2.34. The molecule has 0 spiro atoms. The molecule has 1 aliphatic heterocycles. The smallest absolute Gasteiger partial charge is 0.293 e. The van der Waals surface area contributed by atoms with Crippen molar-refractivity contribution >= 4 is 21.8 Å². The first-order valence-corrected chi connectivity index (χ1v) is 9.36. The van der Waals surface area contributed by atoms with Crippen molar-refractivity contribution in [2.24, 2.45) is 0 Å². The number of furan rings is 1. The van der Waals surface area contributed by atoms with E-state index in [0.717, 1.165) is 12.0 Å². The molecule has 0 aliphatic carbocycles. The van der Waals surface area contributed by atoms with Crippen LogP contribution in [0.3, 0.4) is 0 Å². The van der Waals surface area contributed by atoms with Crippen LogP contribution in [0, 0.1) is 0 Å². The van der Waals surface area contributed by atoms with Gasteiger partial charge < -0.3 is 13.8 Å². The number of nitrogens with zero attached hydrogens (tertiary/aromatic N) is 3. The van der Waals surface area contributed by atoms with Crippen LogP contribution in [0.4, 0.5) is 0 Å². The molecule has 1 unspecified atom stereocenters. The van der Waals surface area contributed by atoms with Gasteiger partial charge in [0.2, 0.25) is 5.91 Å². The number of hydrogen-bond donors (Lipinski definition) is 0. The topological polar surface area (TPSA) is 72.4 Å².